The average molecular weight is 244 g/mol. The topological polar surface area (TPSA) is 20.3 Å². The Labute approximate surface area is 98.8 Å². The molecule has 80 valence electrons. The first-order valence-electron chi connectivity index (χ1n) is 4.80. The molecule has 0 saturated carbocycles. The van der Waals surface area contributed by atoms with Crippen molar-refractivity contribution in [3.63, 3.8) is 0 Å². The van der Waals surface area contributed by atoms with E-state index in [1.54, 1.807) is 4.90 Å². The zero-order chi connectivity index (χ0) is 10.8. The highest BCUT2D eigenvalue weighted by Crippen LogP contribution is 2.28. The van der Waals surface area contributed by atoms with Gasteiger partial charge in [-0.1, -0.05) is 18.2 Å². The van der Waals surface area contributed by atoms with Crippen LogP contribution in [0.2, 0.25) is 0 Å². The van der Waals surface area contributed by atoms with Crippen LogP contribution >= 0.6 is 23.2 Å². The molecule has 1 heterocycles. The van der Waals surface area contributed by atoms with Crippen LogP contribution in [0.1, 0.15) is 0 Å². The molecular weight excluding hydrogens is 233 g/mol. The van der Waals surface area contributed by atoms with Crippen molar-refractivity contribution in [2.24, 2.45) is 5.92 Å². The molecule has 0 aliphatic carbocycles. The van der Waals surface area contributed by atoms with E-state index in [9.17, 15) is 4.79 Å². The quantitative estimate of drug-likeness (QED) is 0.732. The Morgan fingerprint density at radius 1 is 1.33 bits per heavy atom. The maximum Gasteiger partial charge on any atom is 0.245 e. The highest BCUT2D eigenvalue weighted by Gasteiger charge is 2.39. The molecule has 0 unspecified atom stereocenters. The molecule has 1 aromatic rings. The molecule has 0 N–H and O–H groups in total. The Morgan fingerprint density at radius 3 is 2.53 bits per heavy atom. The van der Waals surface area contributed by atoms with E-state index in [-0.39, 0.29) is 11.8 Å². The van der Waals surface area contributed by atoms with Crippen molar-refractivity contribution in [3.8, 4) is 0 Å². The first-order chi connectivity index (χ1) is 7.24. The Hall–Kier alpha value is -0.730. The second-order valence-electron chi connectivity index (χ2n) is 3.60. The van der Waals surface area contributed by atoms with E-state index in [1.807, 2.05) is 30.3 Å². The molecule has 2 nitrogen and oxygen atoms in total. The standard InChI is InChI=1S/C11H11Cl2NO/c12-6-8-7-14(11(15)10(8)13)9-4-2-1-3-5-9/h1-5,8,10H,6-7H2/t8-,10+/m0/s1. The van der Waals surface area contributed by atoms with Gasteiger partial charge in [-0.15, -0.1) is 23.2 Å². The number of carbonyl (C=O) groups is 1. The molecule has 1 aliphatic rings. The molecule has 0 spiro atoms. The van der Waals surface area contributed by atoms with Crippen molar-refractivity contribution in [3.05, 3.63) is 30.3 Å². The van der Waals surface area contributed by atoms with Crippen LogP contribution in [0.15, 0.2) is 30.3 Å². The lowest BCUT2D eigenvalue weighted by molar-refractivity contribution is -0.117. The first kappa shape index (κ1) is 10.8. The summed E-state index contributed by atoms with van der Waals surface area (Å²) < 4.78 is 0. The number of alkyl halides is 2. The van der Waals surface area contributed by atoms with E-state index in [0.29, 0.717) is 12.4 Å². The lowest BCUT2D eigenvalue weighted by Gasteiger charge is -2.15. The largest absolute Gasteiger partial charge is 0.311 e. The van der Waals surface area contributed by atoms with Gasteiger partial charge >= 0.3 is 0 Å². The van der Waals surface area contributed by atoms with Gasteiger partial charge in [0, 0.05) is 24.0 Å². The van der Waals surface area contributed by atoms with Crippen LogP contribution < -0.4 is 4.90 Å². The van der Waals surface area contributed by atoms with Gasteiger partial charge in [0.15, 0.2) is 0 Å². The maximum atomic E-state index is 11.8. The lowest BCUT2D eigenvalue weighted by atomic mass is 10.1. The summed E-state index contributed by atoms with van der Waals surface area (Å²) in [5.41, 5.74) is 0.890. The third-order valence-corrected chi connectivity index (χ3v) is 3.54. The fourth-order valence-electron chi connectivity index (χ4n) is 1.74. The van der Waals surface area contributed by atoms with Crippen LogP contribution in [0.3, 0.4) is 0 Å². The third kappa shape index (κ3) is 1.97. The van der Waals surface area contributed by atoms with Crippen LogP contribution in [0.4, 0.5) is 5.69 Å². The number of amides is 1. The normalized spacial score (nSPS) is 26.0. The zero-order valence-electron chi connectivity index (χ0n) is 8.07. The summed E-state index contributed by atoms with van der Waals surface area (Å²) in [6.07, 6.45) is 0. The van der Waals surface area contributed by atoms with Gasteiger partial charge in [0.2, 0.25) is 5.91 Å². The highest BCUT2D eigenvalue weighted by atomic mass is 35.5. The smallest absolute Gasteiger partial charge is 0.245 e. The lowest BCUT2D eigenvalue weighted by Crippen LogP contribution is -2.26. The van der Waals surface area contributed by atoms with Gasteiger partial charge < -0.3 is 4.90 Å². The van der Waals surface area contributed by atoms with Crippen molar-refractivity contribution in [1.29, 1.82) is 0 Å². The van der Waals surface area contributed by atoms with E-state index in [2.05, 4.69) is 0 Å². The minimum atomic E-state index is -0.484. The van der Waals surface area contributed by atoms with E-state index in [4.69, 9.17) is 23.2 Å². The molecule has 15 heavy (non-hydrogen) atoms. The number of hydrogen-bond acceptors (Lipinski definition) is 1. The number of nitrogens with zero attached hydrogens (tertiary/aromatic N) is 1. The summed E-state index contributed by atoms with van der Waals surface area (Å²) in [5.74, 6) is 0.415. The predicted molar refractivity (Wildman–Crippen MR) is 62.6 cm³/mol. The monoisotopic (exact) mass is 243 g/mol. The molecule has 0 radical (unpaired) electrons. The molecule has 0 bridgehead atoms. The molecule has 4 heteroatoms. The van der Waals surface area contributed by atoms with Crippen LogP contribution in [-0.2, 0) is 4.79 Å². The summed E-state index contributed by atoms with van der Waals surface area (Å²) in [5, 5.41) is -0.484. The minimum absolute atomic E-state index is 0.0426. The number of carbonyl (C=O) groups excluding carboxylic acids is 1. The molecule has 2 atom stereocenters. The van der Waals surface area contributed by atoms with Gasteiger partial charge in [0.1, 0.15) is 5.38 Å². The number of halogens is 2. The molecule has 1 fully saturated rings. The predicted octanol–water partition coefficient (Wildman–Crippen LogP) is 2.50. The van der Waals surface area contributed by atoms with Gasteiger partial charge in [-0.05, 0) is 12.1 Å². The van der Waals surface area contributed by atoms with Crippen molar-refractivity contribution in [1.82, 2.24) is 0 Å². The molecule has 1 aliphatic heterocycles. The summed E-state index contributed by atoms with van der Waals surface area (Å²) in [4.78, 5) is 13.5. The summed E-state index contributed by atoms with van der Waals surface area (Å²) in [7, 11) is 0. The highest BCUT2D eigenvalue weighted by molar-refractivity contribution is 6.34. The van der Waals surface area contributed by atoms with E-state index in [0.717, 1.165) is 5.69 Å². The van der Waals surface area contributed by atoms with Gasteiger partial charge in [-0.3, -0.25) is 4.79 Å². The van der Waals surface area contributed by atoms with E-state index >= 15 is 0 Å². The van der Waals surface area contributed by atoms with Crippen LogP contribution in [0, 0.1) is 5.92 Å². The van der Waals surface area contributed by atoms with Crippen molar-refractivity contribution >= 4 is 34.8 Å². The zero-order valence-corrected chi connectivity index (χ0v) is 9.58. The molecule has 2 rings (SSSR count). The second kappa shape index (κ2) is 4.42. The van der Waals surface area contributed by atoms with E-state index < -0.39 is 5.38 Å². The van der Waals surface area contributed by atoms with Crippen LogP contribution in [0.25, 0.3) is 0 Å². The second-order valence-corrected chi connectivity index (χ2v) is 4.38. The van der Waals surface area contributed by atoms with Crippen molar-refractivity contribution < 1.29 is 4.79 Å². The number of rotatable bonds is 2. The summed E-state index contributed by atoms with van der Waals surface area (Å²) in [6, 6.07) is 9.53. The fraction of sp³-hybridized carbons (Fsp3) is 0.364. The Kier molecular flexibility index (Phi) is 3.17. The Balaban J connectivity index is 2.23. The summed E-state index contributed by atoms with van der Waals surface area (Å²) >= 11 is 11.8. The molecule has 0 aromatic heterocycles. The van der Waals surface area contributed by atoms with E-state index in [1.165, 1.54) is 0 Å². The van der Waals surface area contributed by atoms with Crippen LogP contribution in [0.5, 0.6) is 0 Å². The Morgan fingerprint density at radius 2 is 2.00 bits per heavy atom. The van der Waals surface area contributed by atoms with Gasteiger partial charge in [-0.25, -0.2) is 0 Å². The molecular formula is C11H11Cl2NO. The van der Waals surface area contributed by atoms with Gasteiger partial charge in [0.25, 0.3) is 0 Å². The van der Waals surface area contributed by atoms with Crippen LogP contribution in [-0.4, -0.2) is 23.7 Å². The fourth-order valence-corrected chi connectivity index (χ4v) is 2.39. The number of hydrogen-bond donors (Lipinski definition) is 0. The van der Waals surface area contributed by atoms with Crippen molar-refractivity contribution in [2.45, 2.75) is 5.38 Å². The molecule has 1 saturated heterocycles. The first-order valence-corrected chi connectivity index (χ1v) is 5.77. The maximum absolute atomic E-state index is 11.8. The number of benzene rings is 1. The number of para-hydroxylation sites is 1. The minimum Gasteiger partial charge on any atom is -0.311 e. The molecule has 1 amide bonds. The van der Waals surface area contributed by atoms with Crippen molar-refractivity contribution in [2.75, 3.05) is 17.3 Å². The van der Waals surface area contributed by atoms with Gasteiger partial charge in [0.05, 0.1) is 0 Å². The summed E-state index contributed by atoms with van der Waals surface area (Å²) in [6.45, 7) is 0.612. The van der Waals surface area contributed by atoms with Gasteiger partial charge in [-0.2, -0.15) is 0 Å². The number of anilines is 1. The third-order valence-electron chi connectivity index (χ3n) is 2.60. The average Bonchev–Trinajstić information content (AvgIpc) is 2.57. The molecule has 1 aromatic carbocycles. The SMILES string of the molecule is O=C1[C@H](Cl)[C@@H](CCl)CN1c1ccccc1. The Bertz CT molecular complexity index is 355.